The molecule has 2 fully saturated rings. The van der Waals surface area contributed by atoms with Crippen LogP contribution in [-0.4, -0.2) is 50.6 Å². The van der Waals surface area contributed by atoms with Gasteiger partial charge in [-0.1, -0.05) is 0 Å². The highest BCUT2D eigenvalue weighted by atomic mass is 32.2. The van der Waals surface area contributed by atoms with Crippen molar-refractivity contribution >= 4 is 22.9 Å². The second-order valence-electron chi connectivity index (χ2n) is 6.51. The Morgan fingerprint density at radius 3 is 2.95 bits per heavy atom. The first-order chi connectivity index (χ1) is 10.9. The van der Waals surface area contributed by atoms with Gasteiger partial charge in [-0.25, -0.2) is 9.97 Å². The van der Waals surface area contributed by atoms with E-state index in [1.165, 1.54) is 49.7 Å². The SMILES string of the molecule is c1cnc2c(c1)nc(CC1CCSC1)n2CCN1CCCC1. The molecular weight excluding hydrogens is 292 g/mol. The zero-order chi connectivity index (χ0) is 14.8. The molecule has 118 valence electrons. The molecule has 0 saturated carbocycles. The Morgan fingerprint density at radius 1 is 1.23 bits per heavy atom. The summed E-state index contributed by atoms with van der Waals surface area (Å²) in [5.41, 5.74) is 2.13. The fraction of sp³-hybridized carbons (Fsp3) is 0.647. The van der Waals surface area contributed by atoms with Crippen molar-refractivity contribution in [2.45, 2.75) is 32.2 Å². The lowest BCUT2D eigenvalue weighted by Crippen LogP contribution is -2.25. The molecule has 5 heteroatoms. The standard InChI is InChI=1S/C17H24N4S/c1-2-8-20(7-1)9-10-21-16(12-14-5-11-22-13-14)19-15-4-3-6-18-17(15)21/h3-4,6,14H,1-2,5,7-13H2. The van der Waals surface area contributed by atoms with Gasteiger partial charge in [-0.15, -0.1) is 0 Å². The van der Waals surface area contributed by atoms with Crippen LogP contribution in [0.15, 0.2) is 18.3 Å². The van der Waals surface area contributed by atoms with Crippen molar-refractivity contribution in [2.75, 3.05) is 31.1 Å². The second-order valence-corrected chi connectivity index (χ2v) is 7.66. The quantitative estimate of drug-likeness (QED) is 0.849. The van der Waals surface area contributed by atoms with Gasteiger partial charge in [0.15, 0.2) is 5.65 Å². The van der Waals surface area contributed by atoms with E-state index in [0.717, 1.165) is 36.6 Å². The van der Waals surface area contributed by atoms with Crippen LogP contribution in [0.1, 0.15) is 25.1 Å². The molecule has 0 amide bonds. The molecule has 1 atom stereocenters. The van der Waals surface area contributed by atoms with Gasteiger partial charge in [-0.2, -0.15) is 11.8 Å². The summed E-state index contributed by atoms with van der Waals surface area (Å²) in [5.74, 6) is 4.66. The molecular formula is C17H24N4S. The number of hydrogen-bond acceptors (Lipinski definition) is 4. The fourth-order valence-corrected chi connectivity index (χ4v) is 4.93. The lowest BCUT2D eigenvalue weighted by atomic mass is 10.1. The predicted octanol–water partition coefficient (Wildman–Crippen LogP) is 2.82. The van der Waals surface area contributed by atoms with Crippen LogP contribution in [-0.2, 0) is 13.0 Å². The van der Waals surface area contributed by atoms with Crippen LogP contribution in [0.2, 0.25) is 0 Å². The molecule has 4 nitrogen and oxygen atoms in total. The van der Waals surface area contributed by atoms with Crippen LogP contribution in [0.5, 0.6) is 0 Å². The lowest BCUT2D eigenvalue weighted by Gasteiger charge is -2.17. The van der Waals surface area contributed by atoms with E-state index in [9.17, 15) is 0 Å². The largest absolute Gasteiger partial charge is 0.311 e. The number of nitrogens with zero attached hydrogens (tertiary/aromatic N) is 4. The maximum atomic E-state index is 4.89. The van der Waals surface area contributed by atoms with Crippen LogP contribution < -0.4 is 0 Å². The van der Waals surface area contributed by atoms with Crippen molar-refractivity contribution in [2.24, 2.45) is 5.92 Å². The Labute approximate surface area is 136 Å². The van der Waals surface area contributed by atoms with E-state index >= 15 is 0 Å². The molecule has 2 aliphatic rings. The lowest BCUT2D eigenvalue weighted by molar-refractivity contribution is 0.321. The van der Waals surface area contributed by atoms with Gasteiger partial charge in [0.1, 0.15) is 11.3 Å². The molecule has 0 aromatic carbocycles. The highest BCUT2D eigenvalue weighted by Crippen LogP contribution is 2.27. The van der Waals surface area contributed by atoms with E-state index in [-0.39, 0.29) is 0 Å². The highest BCUT2D eigenvalue weighted by molar-refractivity contribution is 7.99. The summed E-state index contributed by atoms with van der Waals surface area (Å²) in [7, 11) is 0. The van der Waals surface area contributed by atoms with Crippen LogP contribution in [0.25, 0.3) is 11.2 Å². The van der Waals surface area contributed by atoms with E-state index in [1.54, 1.807) is 0 Å². The summed E-state index contributed by atoms with van der Waals surface area (Å²) < 4.78 is 2.39. The smallest absolute Gasteiger partial charge is 0.160 e. The highest BCUT2D eigenvalue weighted by Gasteiger charge is 2.21. The van der Waals surface area contributed by atoms with Gasteiger partial charge >= 0.3 is 0 Å². The van der Waals surface area contributed by atoms with Gasteiger partial charge in [0.25, 0.3) is 0 Å². The maximum Gasteiger partial charge on any atom is 0.160 e. The van der Waals surface area contributed by atoms with Crippen molar-refractivity contribution in [1.29, 1.82) is 0 Å². The summed E-state index contributed by atoms with van der Waals surface area (Å²) >= 11 is 2.09. The van der Waals surface area contributed by atoms with Crippen molar-refractivity contribution in [1.82, 2.24) is 19.4 Å². The number of likely N-dealkylation sites (tertiary alicyclic amines) is 1. The molecule has 2 aromatic heterocycles. The zero-order valence-corrected chi connectivity index (χ0v) is 13.9. The van der Waals surface area contributed by atoms with Crippen LogP contribution in [0, 0.1) is 5.92 Å². The third-order valence-electron chi connectivity index (χ3n) is 4.92. The molecule has 2 saturated heterocycles. The van der Waals surface area contributed by atoms with E-state index in [0.29, 0.717) is 0 Å². The molecule has 4 rings (SSSR count). The summed E-state index contributed by atoms with van der Waals surface area (Å²) in [6, 6.07) is 4.09. The number of fused-ring (bicyclic) bond motifs is 1. The molecule has 0 aliphatic carbocycles. The van der Waals surface area contributed by atoms with E-state index in [2.05, 4.69) is 32.3 Å². The number of pyridine rings is 1. The van der Waals surface area contributed by atoms with Crippen molar-refractivity contribution in [3.8, 4) is 0 Å². The Morgan fingerprint density at radius 2 is 2.14 bits per heavy atom. The van der Waals surface area contributed by atoms with Crippen LogP contribution in [0.4, 0.5) is 0 Å². The summed E-state index contributed by atoms with van der Waals surface area (Å²) in [5, 5.41) is 0. The Balaban J connectivity index is 1.57. The minimum absolute atomic E-state index is 0.798. The topological polar surface area (TPSA) is 34.0 Å². The zero-order valence-electron chi connectivity index (χ0n) is 13.1. The second kappa shape index (κ2) is 6.59. The Hall–Kier alpha value is -1.07. The van der Waals surface area contributed by atoms with E-state index in [1.807, 2.05) is 12.3 Å². The van der Waals surface area contributed by atoms with Gasteiger partial charge in [0.05, 0.1) is 0 Å². The van der Waals surface area contributed by atoms with Crippen molar-refractivity contribution in [3.05, 3.63) is 24.2 Å². The first-order valence-electron chi connectivity index (χ1n) is 8.50. The van der Waals surface area contributed by atoms with Gasteiger partial charge in [-0.05, 0) is 61.9 Å². The average Bonchev–Trinajstić information content (AvgIpc) is 3.27. The molecule has 0 N–H and O–H groups in total. The molecule has 0 bridgehead atoms. The monoisotopic (exact) mass is 316 g/mol. The third-order valence-corrected chi connectivity index (χ3v) is 6.15. The number of imidazole rings is 1. The molecule has 1 unspecified atom stereocenters. The molecule has 22 heavy (non-hydrogen) atoms. The number of rotatable bonds is 5. The molecule has 0 radical (unpaired) electrons. The minimum Gasteiger partial charge on any atom is -0.311 e. The number of aromatic nitrogens is 3. The summed E-state index contributed by atoms with van der Waals surface area (Å²) in [4.78, 5) is 12.1. The minimum atomic E-state index is 0.798. The summed E-state index contributed by atoms with van der Waals surface area (Å²) in [6.45, 7) is 4.68. The van der Waals surface area contributed by atoms with Crippen LogP contribution >= 0.6 is 11.8 Å². The third kappa shape index (κ3) is 3.01. The van der Waals surface area contributed by atoms with Crippen molar-refractivity contribution < 1.29 is 0 Å². The van der Waals surface area contributed by atoms with Crippen molar-refractivity contribution in [3.63, 3.8) is 0 Å². The number of hydrogen-bond donors (Lipinski definition) is 0. The van der Waals surface area contributed by atoms with Gasteiger partial charge in [-0.3, -0.25) is 0 Å². The Kier molecular flexibility index (Phi) is 4.35. The fourth-order valence-electron chi connectivity index (χ4n) is 3.65. The predicted molar refractivity (Wildman–Crippen MR) is 92.3 cm³/mol. The Bertz CT molecular complexity index is 627. The van der Waals surface area contributed by atoms with Gasteiger partial charge in [0.2, 0.25) is 0 Å². The molecule has 4 heterocycles. The normalized spacial score (nSPS) is 22.8. The van der Waals surface area contributed by atoms with Gasteiger partial charge in [0, 0.05) is 25.7 Å². The number of thioether (sulfide) groups is 1. The van der Waals surface area contributed by atoms with E-state index < -0.39 is 0 Å². The molecule has 0 spiro atoms. The van der Waals surface area contributed by atoms with E-state index in [4.69, 9.17) is 4.98 Å². The maximum absolute atomic E-state index is 4.89. The first-order valence-corrected chi connectivity index (χ1v) is 9.66. The average molecular weight is 316 g/mol. The first kappa shape index (κ1) is 14.5. The summed E-state index contributed by atoms with van der Waals surface area (Å²) in [6.07, 6.45) is 7.06. The molecule has 2 aliphatic heterocycles. The van der Waals surface area contributed by atoms with Gasteiger partial charge < -0.3 is 9.47 Å². The van der Waals surface area contributed by atoms with Crippen LogP contribution in [0.3, 0.4) is 0 Å². The molecule has 2 aromatic rings.